The highest BCUT2D eigenvalue weighted by Gasteiger charge is 2.34. The van der Waals surface area contributed by atoms with Crippen molar-refractivity contribution in [2.45, 2.75) is 38.1 Å². The Balaban J connectivity index is 0.00000256. The highest BCUT2D eigenvalue weighted by atomic mass is 35.5. The molecule has 0 spiro atoms. The topological polar surface area (TPSA) is 66.5 Å². The number of sulfone groups is 1. The van der Waals surface area contributed by atoms with Crippen molar-refractivity contribution in [3.05, 3.63) is 0 Å². The van der Waals surface area contributed by atoms with Crippen molar-refractivity contribution in [2.75, 3.05) is 19.3 Å². The number of piperazine rings is 1. The average molecular weight is 285 g/mol. The first kappa shape index (κ1) is 16.7. The van der Waals surface area contributed by atoms with Gasteiger partial charge in [0.2, 0.25) is 5.91 Å². The van der Waals surface area contributed by atoms with E-state index >= 15 is 0 Å². The first-order valence-electron chi connectivity index (χ1n) is 5.48. The van der Waals surface area contributed by atoms with Gasteiger partial charge in [0, 0.05) is 31.4 Å². The van der Waals surface area contributed by atoms with Crippen molar-refractivity contribution in [3.63, 3.8) is 0 Å². The van der Waals surface area contributed by atoms with Crippen molar-refractivity contribution in [1.82, 2.24) is 10.2 Å². The molecule has 1 aliphatic rings. The Hall–Kier alpha value is -0.330. The fourth-order valence-electron chi connectivity index (χ4n) is 1.78. The molecule has 0 aromatic rings. The number of carbonyl (C=O) groups excluding carboxylic acids is 1. The van der Waals surface area contributed by atoms with Crippen LogP contribution in [0.4, 0.5) is 0 Å². The number of halogens is 1. The zero-order valence-electron chi connectivity index (χ0n) is 10.6. The molecular formula is C10H21ClN2O3S. The van der Waals surface area contributed by atoms with Gasteiger partial charge in [-0.1, -0.05) is 0 Å². The van der Waals surface area contributed by atoms with E-state index in [4.69, 9.17) is 0 Å². The van der Waals surface area contributed by atoms with Crippen LogP contribution >= 0.6 is 12.4 Å². The molecule has 102 valence electrons. The molecule has 17 heavy (non-hydrogen) atoms. The smallest absolute Gasteiger partial charge is 0.240 e. The van der Waals surface area contributed by atoms with Gasteiger partial charge in [-0.25, -0.2) is 8.42 Å². The van der Waals surface area contributed by atoms with Crippen molar-refractivity contribution < 1.29 is 13.2 Å². The number of nitrogens with one attached hydrogen (secondary N) is 1. The van der Waals surface area contributed by atoms with Gasteiger partial charge in [-0.15, -0.1) is 12.4 Å². The Morgan fingerprint density at radius 3 is 2.41 bits per heavy atom. The summed E-state index contributed by atoms with van der Waals surface area (Å²) in [6, 6.07) is 0.231. The SMILES string of the molecule is CC1NCCN(C(=O)C(C)S(C)(=O)=O)C1C.Cl. The quantitative estimate of drug-likeness (QED) is 0.778. The Morgan fingerprint density at radius 2 is 1.94 bits per heavy atom. The monoisotopic (exact) mass is 284 g/mol. The molecular weight excluding hydrogens is 264 g/mol. The first-order chi connectivity index (χ1) is 7.25. The number of hydrogen-bond donors (Lipinski definition) is 1. The van der Waals surface area contributed by atoms with Crippen molar-refractivity contribution in [1.29, 1.82) is 0 Å². The van der Waals surface area contributed by atoms with Crippen LogP contribution in [0.25, 0.3) is 0 Å². The van der Waals surface area contributed by atoms with Gasteiger partial charge in [-0.2, -0.15) is 0 Å². The van der Waals surface area contributed by atoms with Crippen LogP contribution in [0.1, 0.15) is 20.8 Å². The normalized spacial score (nSPS) is 27.2. The molecule has 7 heteroatoms. The maximum absolute atomic E-state index is 12.0. The standard InChI is InChI=1S/C10H20N2O3S.ClH/c1-7-8(2)12(6-5-11-7)10(13)9(3)16(4,14)15;/h7-9,11H,5-6H2,1-4H3;1H. The largest absolute Gasteiger partial charge is 0.336 e. The summed E-state index contributed by atoms with van der Waals surface area (Å²) in [6.07, 6.45) is 1.10. The molecule has 1 aliphatic heterocycles. The van der Waals surface area contributed by atoms with Gasteiger partial charge in [0.25, 0.3) is 0 Å². The lowest BCUT2D eigenvalue weighted by molar-refractivity contribution is -0.134. The fraction of sp³-hybridized carbons (Fsp3) is 0.900. The van der Waals surface area contributed by atoms with E-state index in [-0.39, 0.29) is 30.4 Å². The lowest BCUT2D eigenvalue weighted by atomic mass is 10.1. The minimum Gasteiger partial charge on any atom is -0.336 e. The Labute approximate surface area is 109 Å². The molecule has 1 saturated heterocycles. The maximum Gasteiger partial charge on any atom is 0.240 e. The van der Waals surface area contributed by atoms with E-state index in [1.54, 1.807) is 4.90 Å². The summed E-state index contributed by atoms with van der Waals surface area (Å²) >= 11 is 0. The van der Waals surface area contributed by atoms with E-state index in [1.807, 2.05) is 13.8 Å². The van der Waals surface area contributed by atoms with Crippen LogP contribution in [0.2, 0.25) is 0 Å². The summed E-state index contributed by atoms with van der Waals surface area (Å²) in [5.74, 6) is -0.289. The third kappa shape index (κ3) is 3.82. The second-order valence-corrected chi connectivity index (χ2v) is 6.85. The minimum atomic E-state index is -3.30. The predicted molar refractivity (Wildman–Crippen MR) is 70.2 cm³/mol. The van der Waals surface area contributed by atoms with E-state index in [9.17, 15) is 13.2 Å². The number of carbonyl (C=O) groups is 1. The van der Waals surface area contributed by atoms with Gasteiger partial charge in [-0.05, 0) is 20.8 Å². The lowest BCUT2D eigenvalue weighted by Gasteiger charge is -2.39. The summed E-state index contributed by atoms with van der Waals surface area (Å²) in [7, 11) is -3.30. The Bertz CT molecular complexity index is 372. The van der Waals surface area contributed by atoms with Crippen LogP contribution in [0.3, 0.4) is 0 Å². The molecule has 1 fully saturated rings. The third-order valence-corrected chi connectivity index (χ3v) is 4.79. The van der Waals surface area contributed by atoms with Gasteiger partial charge < -0.3 is 10.2 Å². The zero-order valence-corrected chi connectivity index (χ0v) is 12.3. The fourth-order valence-corrected chi connectivity index (χ4v) is 2.29. The van der Waals surface area contributed by atoms with Crippen LogP contribution in [-0.2, 0) is 14.6 Å². The van der Waals surface area contributed by atoms with Gasteiger partial charge in [0.1, 0.15) is 5.25 Å². The number of rotatable bonds is 2. The molecule has 0 saturated carbocycles. The molecule has 3 atom stereocenters. The van der Waals surface area contributed by atoms with E-state index in [1.165, 1.54) is 6.92 Å². The van der Waals surface area contributed by atoms with Crippen molar-refractivity contribution in [2.24, 2.45) is 0 Å². The zero-order chi connectivity index (χ0) is 12.5. The van der Waals surface area contributed by atoms with Gasteiger partial charge in [0.05, 0.1) is 0 Å². The summed E-state index contributed by atoms with van der Waals surface area (Å²) < 4.78 is 22.7. The highest BCUT2D eigenvalue weighted by Crippen LogP contribution is 2.13. The lowest BCUT2D eigenvalue weighted by Crippen LogP contribution is -2.59. The minimum absolute atomic E-state index is 0. The maximum atomic E-state index is 12.0. The Kier molecular flexibility index (Phi) is 5.90. The summed E-state index contributed by atoms with van der Waals surface area (Å²) in [4.78, 5) is 13.7. The molecule has 0 radical (unpaired) electrons. The molecule has 3 unspecified atom stereocenters. The van der Waals surface area contributed by atoms with Crippen molar-refractivity contribution >= 4 is 28.2 Å². The van der Waals surface area contributed by atoms with Crippen molar-refractivity contribution in [3.8, 4) is 0 Å². The number of amides is 1. The van der Waals surface area contributed by atoms with Gasteiger partial charge in [0.15, 0.2) is 9.84 Å². The summed E-state index contributed by atoms with van der Waals surface area (Å²) in [5.41, 5.74) is 0. The Morgan fingerprint density at radius 1 is 1.41 bits per heavy atom. The van der Waals surface area contributed by atoms with Crippen LogP contribution in [0, 0.1) is 0 Å². The number of nitrogens with zero attached hydrogens (tertiary/aromatic N) is 1. The third-order valence-electron chi connectivity index (χ3n) is 3.31. The van der Waals surface area contributed by atoms with Gasteiger partial charge >= 0.3 is 0 Å². The molecule has 0 aliphatic carbocycles. The van der Waals surface area contributed by atoms with Crippen LogP contribution in [0.15, 0.2) is 0 Å². The van der Waals surface area contributed by atoms with Gasteiger partial charge in [-0.3, -0.25) is 4.79 Å². The second kappa shape index (κ2) is 6.02. The van der Waals surface area contributed by atoms with Crippen LogP contribution in [-0.4, -0.2) is 55.9 Å². The summed E-state index contributed by atoms with van der Waals surface area (Å²) in [5, 5.41) is 2.31. The van der Waals surface area contributed by atoms with E-state index in [0.29, 0.717) is 13.1 Å². The van der Waals surface area contributed by atoms with E-state index in [0.717, 1.165) is 6.26 Å². The second-order valence-electron chi connectivity index (χ2n) is 4.49. The molecule has 1 rings (SSSR count). The van der Waals surface area contributed by atoms with E-state index < -0.39 is 15.1 Å². The highest BCUT2D eigenvalue weighted by molar-refractivity contribution is 7.92. The number of hydrogen-bond acceptors (Lipinski definition) is 4. The molecule has 0 bridgehead atoms. The molecule has 0 aromatic heterocycles. The van der Waals surface area contributed by atoms with Crippen LogP contribution < -0.4 is 5.32 Å². The average Bonchev–Trinajstić information content (AvgIpc) is 2.18. The molecule has 1 heterocycles. The molecule has 5 nitrogen and oxygen atoms in total. The summed E-state index contributed by atoms with van der Waals surface area (Å²) in [6.45, 7) is 6.67. The molecule has 1 N–H and O–H groups in total. The first-order valence-corrected chi connectivity index (χ1v) is 7.43. The molecule has 1 amide bonds. The molecule has 0 aromatic carbocycles. The van der Waals surface area contributed by atoms with Crippen LogP contribution in [0.5, 0.6) is 0 Å². The van der Waals surface area contributed by atoms with E-state index in [2.05, 4.69) is 5.32 Å². The predicted octanol–water partition coefficient (Wildman–Crippen LogP) is 0.0501.